The number of phenolic OH excluding ortho intramolecular Hbond substituents is 1. The van der Waals surface area contributed by atoms with Crippen LogP contribution in [0.15, 0.2) is 42.6 Å². The van der Waals surface area contributed by atoms with Crippen LogP contribution in [0.2, 0.25) is 0 Å². The summed E-state index contributed by atoms with van der Waals surface area (Å²) >= 11 is 0. The Hall–Kier alpha value is -2.16. The average molecular weight is 196 g/mol. The summed E-state index contributed by atoms with van der Waals surface area (Å²) < 4.78 is 0. The first-order valence-corrected chi connectivity index (χ1v) is 4.67. The van der Waals surface area contributed by atoms with Crippen molar-refractivity contribution in [1.29, 1.82) is 0 Å². The van der Waals surface area contributed by atoms with Gasteiger partial charge in [-0.05, 0) is 36.4 Å². The van der Waals surface area contributed by atoms with E-state index >= 15 is 0 Å². The number of aromatic nitrogens is 2. The molecule has 0 aliphatic heterocycles. The highest BCUT2D eigenvalue weighted by Gasteiger charge is 2.00. The van der Waals surface area contributed by atoms with Crippen molar-refractivity contribution in [3.63, 3.8) is 0 Å². The zero-order valence-electron chi connectivity index (χ0n) is 7.88. The fourth-order valence-electron chi connectivity index (χ4n) is 1.66. The molecular weight excluding hydrogens is 188 g/mol. The van der Waals surface area contributed by atoms with Crippen molar-refractivity contribution >= 4 is 21.9 Å². The third-order valence-corrected chi connectivity index (χ3v) is 2.37. The lowest BCUT2D eigenvalue weighted by Crippen LogP contribution is -1.84. The number of nitrogens with zero attached hydrogens (tertiary/aromatic N) is 2. The molecule has 3 nitrogen and oxygen atoms in total. The van der Waals surface area contributed by atoms with E-state index in [9.17, 15) is 5.11 Å². The van der Waals surface area contributed by atoms with E-state index in [1.807, 2.05) is 18.2 Å². The number of hydrogen-bond donors (Lipinski definition) is 1. The lowest BCUT2D eigenvalue weighted by molar-refractivity contribution is 0.476. The maximum absolute atomic E-state index is 9.36. The van der Waals surface area contributed by atoms with E-state index in [1.54, 1.807) is 24.4 Å². The summed E-state index contributed by atoms with van der Waals surface area (Å²) in [5.41, 5.74) is 1.58. The molecule has 0 fully saturated rings. The second-order valence-corrected chi connectivity index (χ2v) is 3.42. The summed E-state index contributed by atoms with van der Waals surface area (Å²) in [4.78, 5) is 8.58. The van der Waals surface area contributed by atoms with Crippen molar-refractivity contribution in [3.8, 4) is 5.75 Å². The van der Waals surface area contributed by atoms with E-state index in [2.05, 4.69) is 9.97 Å². The Balaban J connectivity index is 2.47. The van der Waals surface area contributed by atoms with E-state index in [1.165, 1.54) is 0 Å². The quantitative estimate of drug-likeness (QED) is 0.562. The van der Waals surface area contributed by atoms with Gasteiger partial charge in [0.1, 0.15) is 5.75 Å². The molecule has 0 aliphatic carbocycles. The van der Waals surface area contributed by atoms with Crippen LogP contribution in [0.3, 0.4) is 0 Å². The number of benzene rings is 1. The van der Waals surface area contributed by atoms with E-state index < -0.39 is 0 Å². The number of fused-ring (bicyclic) bond motifs is 2. The highest BCUT2D eigenvalue weighted by Crippen LogP contribution is 2.21. The minimum Gasteiger partial charge on any atom is -0.508 e. The lowest BCUT2D eigenvalue weighted by Gasteiger charge is -2.00. The van der Waals surface area contributed by atoms with Crippen LogP contribution in [0.5, 0.6) is 5.75 Å². The SMILES string of the molecule is Oc1ccc2nc3ncccc3cc2c1. The number of pyridine rings is 2. The Labute approximate surface area is 86.0 Å². The number of rotatable bonds is 0. The van der Waals surface area contributed by atoms with Gasteiger partial charge in [-0.25, -0.2) is 9.97 Å². The third kappa shape index (κ3) is 1.29. The second kappa shape index (κ2) is 2.92. The van der Waals surface area contributed by atoms with Crippen molar-refractivity contribution in [2.45, 2.75) is 0 Å². The molecular formula is C12H8N2O. The van der Waals surface area contributed by atoms with Crippen molar-refractivity contribution in [3.05, 3.63) is 42.6 Å². The normalized spacial score (nSPS) is 10.9. The monoisotopic (exact) mass is 196 g/mol. The summed E-state index contributed by atoms with van der Waals surface area (Å²) in [7, 11) is 0. The third-order valence-electron chi connectivity index (χ3n) is 2.37. The van der Waals surface area contributed by atoms with E-state index in [4.69, 9.17) is 0 Å². The van der Waals surface area contributed by atoms with Gasteiger partial charge in [0.15, 0.2) is 5.65 Å². The molecule has 0 aliphatic rings. The molecule has 0 atom stereocenters. The van der Waals surface area contributed by atoms with Crippen LogP contribution in [0, 0.1) is 0 Å². The first kappa shape index (κ1) is 8.17. The van der Waals surface area contributed by atoms with Crippen molar-refractivity contribution in [2.75, 3.05) is 0 Å². The molecule has 0 radical (unpaired) electrons. The molecule has 15 heavy (non-hydrogen) atoms. The molecule has 3 rings (SSSR count). The molecule has 2 aromatic heterocycles. The zero-order chi connectivity index (χ0) is 10.3. The molecule has 3 aromatic rings. The predicted molar refractivity (Wildman–Crippen MR) is 58.7 cm³/mol. The summed E-state index contributed by atoms with van der Waals surface area (Å²) in [6.45, 7) is 0. The number of hydrogen-bond acceptors (Lipinski definition) is 3. The molecule has 72 valence electrons. The Morgan fingerprint density at radius 3 is 2.87 bits per heavy atom. The first-order chi connectivity index (χ1) is 7.33. The average Bonchev–Trinajstić information content (AvgIpc) is 2.26. The van der Waals surface area contributed by atoms with Gasteiger partial charge in [0, 0.05) is 17.0 Å². The summed E-state index contributed by atoms with van der Waals surface area (Å²) in [5, 5.41) is 11.3. The molecule has 0 spiro atoms. The molecule has 0 amide bonds. The maximum Gasteiger partial charge on any atom is 0.159 e. The van der Waals surface area contributed by atoms with Gasteiger partial charge in [0.2, 0.25) is 0 Å². The van der Waals surface area contributed by atoms with Crippen LogP contribution in [0.1, 0.15) is 0 Å². The number of phenols is 1. The number of aromatic hydroxyl groups is 1. The lowest BCUT2D eigenvalue weighted by atomic mass is 10.1. The van der Waals surface area contributed by atoms with Crippen molar-refractivity contribution in [2.24, 2.45) is 0 Å². The molecule has 2 heterocycles. The van der Waals surface area contributed by atoms with Crippen LogP contribution >= 0.6 is 0 Å². The van der Waals surface area contributed by atoms with Crippen LogP contribution in [-0.2, 0) is 0 Å². The minimum absolute atomic E-state index is 0.257. The summed E-state index contributed by atoms with van der Waals surface area (Å²) in [6, 6.07) is 10.9. The standard InChI is InChI=1S/C12H8N2O/c15-10-3-4-11-9(7-10)6-8-2-1-5-13-12(8)14-11/h1-7,15H. The Morgan fingerprint density at radius 2 is 1.93 bits per heavy atom. The van der Waals surface area contributed by atoms with Gasteiger partial charge in [0.05, 0.1) is 5.52 Å². The molecule has 0 saturated carbocycles. The minimum atomic E-state index is 0.257. The van der Waals surface area contributed by atoms with Crippen LogP contribution < -0.4 is 0 Å². The largest absolute Gasteiger partial charge is 0.508 e. The molecule has 3 heteroatoms. The second-order valence-electron chi connectivity index (χ2n) is 3.42. The first-order valence-electron chi connectivity index (χ1n) is 4.67. The maximum atomic E-state index is 9.36. The smallest absolute Gasteiger partial charge is 0.159 e. The van der Waals surface area contributed by atoms with Crippen LogP contribution in [0.25, 0.3) is 21.9 Å². The highest BCUT2D eigenvalue weighted by molar-refractivity contribution is 5.91. The topological polar surface area (TPSA) is 46.0 Å². The molecule has 0 saturated heterocycles. The van der Waals surface area contributed by atoms with Gasteiger partial charge >= 0.3 is 0 Å². The Morgan fingerprint density at radius 1 is 1.00 bits per heavy atom. The van der Waals surface area contributed by atoms with Gasteiger partial charge in [-0.15, -0.1) is 0 Å². The van der Waals surface area contributed by atoms with Crippen molar-refractivity contribution in [1.82, 2.24) is 9.97 Å². The zero-order valence-corrected chi connectivity index (χ0v) is 7.88. The van der Waals surface area contributed by atoms with E-state index in [0.717, 1.165) is 21.9 Å². The highest BCUT2D eigenvalue weighted by atomic mass is 16.3. The molecule has 0 bridgehead atoms. The van der Waals surface area contributed by atoms with Gasteiger partial charge < -0.3 is 5.11 Å². The predicted octanol–water partition coefficient (Wildman–Crippen LogP) is 2.49. The molecule has 0 unspecified atom stereocenters. The summed E-state index contributed by atoms with van der Waals surface area (Å²) in [5.74, 6) is 0.257. The molecule has 1 N–H and O–H groups in total. The Bertz CT molecular complexity index is 649. The fraction of sp³-hybridized carbons (Fsp3) is 0. The Kier molecular flexibility index (Phi) is 1.59. The van der Waals surface area contributed by atoms with Gasteiger partial charge in [-0.2, -0.15) is 0 Å². The molecule has 1 aromatic carbocycles. The van der Waals surface area contributed by atoms with Gasteiger partial charge in [-0.1, -0.05) is 0 Å². The van der Waals surface area contributed by atoms with E-state index in [-0.39, 0.29) is 5.75 Å². The van der Waals surface area contributed by atoms with Crippen LogP contribution in [-0.4, -0.2) is 15.1 Å². The summed E-state index contributed by atoms with van der Waals surface area (Å²) in [6.07, 6.45) is 1.72. The fourth-order valence-corrected chi connectivity index (χ4v) is 1.66. The van der Waals surface area contributed by atoms with Crippen molar-refractivity contribution < 1.29 is 5.11 Å². The van der Waals surface area contributed by atoms with E-state index in [0.29, 0.717) is 0 Å². The van der Waals surface area contributed by atoms with Crippen LogP contribution in [0.4, 0.5) is 0 Å². The van der Waals surface area contributed by atoms with Gasteiger partial charge in [0.25, 0.3) is 0 Å². The van der Waals surface area contributed by atoms with Gasteiger partial charge in [-0.3, -0.25) is 0 Å².